The molecule has 0 atom stereocenters. The molecule has 0 fully saturated rings. The first-order valence-electron chi connectivity index (χ1n) is 7.75. The molecular weight excluding hydrogens is 304 g/mol. The molecular formula is C19H18N2O3. The smallest absolute Gasteiger partial charge is 0.259 e. The maximum absolute atomic E-state index is 12.5. The van der Waals surface area contributed by atoms with E-state index in [0.717, 1.165) is 10.9 Å². The molecule has 122 valence electrons. The number of para-hydroxylation sites is 1. The zero-order valence-electron chi connectivity index (χ0n) is 13.6. The van der Waals surface area contributed by atoms with Crippen LogP contribution in [0.15, 0.2) is 53.3 Å². The molecule has 0 unspecified atom stereocenters. The molecule has 2 N–H and O–H groups in total. The van der Waals surface area contributed by atoms with Crippen molar-refractivity contribution in [3.8, 4) is 5.75 Å². The first-order chi connectivity index (χ1) is 11.6. The Morgan fingerprint density at radius 3 is 2.75 bits per heavy atom. The van der Waals surface area contributed by atoms with Gasteiger partial charge in [-0.3, -0.25) is 9.59 Å². The number of carbonyl (C=O) groups is 1. The normalized spacial score (nSPS) is 10.6. The Bertz CT molecular complexity index is 960. The van der Waals surface area contributed by atoms with E-state index >= 15 is 0 Å². The van der Waals surface area contributed by atoms with Crippen LogP contribution in [-0.2, 0) is 0 Å². The van der Waals surface area contributed by atoms with Gasteiger partial charge in [0.25, 0.3) is 5.91 Å². The number of pyridine rings is 1. The predicted octanol–water partition coefficient (Wildman–Crippen LogP) is 3.49. The number of aromatic nitrogens is 1. The van der Waals surface area contributed by atoms with Crippen molar-refractivity contribution in [2.45, 2.75) is 13.8 Å². The number of anilines is 1. The van der Waals surface area contributed by atoms with Crippen molar-refractivity contribution in [1.29, 1.82) is 0 Å². The Labute approximate surface area is 139 Å². The molecule has 0 saturated heterocycles. The van der Waals surface area contributed by atoms with Crippen LogP contribution in [-0.4, -0.2) is 17.5 Å². The third kappa shape index (κ3) is 3.15. The highest BCUT2D eigenvalue weighted by molar-refractivity contribution is 6.06. The van der Waals surface area contributed by atoms with Gasteiger partial charge < -0.3 is 15.0 Å². The fourth-order valence-corrected chi connectivity index (χ4v) is 2.65. The molecule has 0 bridgehead atoms. The summed E-state index contributed by atoms with van der Waals surface area (Å²) in [5, 5.41) is 3.79. The van der Waals surface area contributed by atoms with Crippen LogP contribution < -0.4 is 15.6 Å². The van der Waals surface area contributed by atoms with E-state index in [0.29, 0.717) is 29.1 Å². The number of H-pyrrole nitrogens is 1. The van der Waals surface area contributed by atoms with Crippen LogP contribution in [0.4, 0.5) is 5.69 Å². The van der Waals surface area contributed by atoms with Crippen LogP contribution >= 0.6 is 0 Å². The fraction of sp³-hybridized carbons (Fsp3) is 0.158. The lowest BCUT2D eigenvalue weighted by Gasteiger charge is -2.11. The lowest BCUT2D eigenvalue weighted by Crippen LogP contribution is -2.14. The van der Waals surface area contributed by atoms with Gasteiger partial charge in [0.2, 0.25) is 5.56 Å². The van der Waals surface area contributed by atoms with E-state index in [4.69, 9.17) is 4.74 Å². The van der Waals surface area contributed by atoms with Gasteiger partial charge in [-0.15, -0.1) is 0 Å². The summed E-state index contributed by atoms with van der Waals surface area (Å²) >= 11 is 0. The summed E-state index contributed by atoms with van der Waals surface area (Å²) in [7, 11) is 0. The topological polar surface area (TPSA) is 71.2 Å². The van der Waals surface area contributed by atoms with Crippen molar-refractivity contribution in [2.24, 2.45) is 0 Å². The number of rotatable bonds is 4. The number of amides is 1. The van der Waals surface area contributed by atoms with Crippen molar-refractivity contribution in [1.82, 2.24) is 4.98 Å². The average molecular weight is 322 g/mol. The van der Waals surface area contributed by atoms with Crippen molar-refractivity contribution in [2.75, 3.05) is 11.9 Å². The summed E-state index contributed by atoms with van der Waals surface area (Å²) in [5.74, 6) is 0.288. The number of benzene rings is 2. The van der Waals surface area contributed by atoms with Gasteiger partial charge in [0, 0.05) is 17.1 Å². The van der Waals surface area contributed by atoms with Crippen molar-refractivity contribution < 1.29 is 9.53 Å². The third-order valence-electron chi connectivity index (χ3n) is 3.74. The molecule has 0 aliphatic carbocycles. The van der Waals surface area contributed by atoms with Crippen molar-refractivity contribution in [3.05, 3.63) is 70.0 Å². The first-order valence-corrected chi connectivity index (χ1v) is 7.75. The van der Waals surface area contributed by atoms with Gasteiger partial charge in [-0.2, -0.15) is 0 Å². The summed E-state index contributed by atoms with van der Waals surface area (Å²) in [5.41, 5.74) is 2.51. The number of carbonyl (C=O) groups excluding carboxylic acids is 1. The second-order valence-electron chi connectivity index (χ2n) is 5.46. The number of fused-ring (bicyclic) bond motifs is 1. The molecule has 0 saturated carbocycles. The van der Waals surface area contributed by atoms with E-state index in [1.54, 1.807) is 30.3 Å². The van der Waals surface area contributed by atoms with E-state index in [1.165, 1.54) is 0 Å². The molecule has 3 aromatic rings. The minimum absolute atomic E-state index is 0.162. The maximum Gasteiger partial charge on any atom is 0.259 e. The second-order valence-corrected chi connectivity index (χ2v) is 5.46. The van der Waals surface area contributed by atoms with E-state index in [1.807, 2.05) is 32.0 Å². The van der Waals surface area contributed by atoms with Crippen LogP contribution in [0.5, 0.6) is 5.75 Å². The predicted molar refractivity (Wildman–Crippen MR) is 94.9 cm³/mol. The summed E-state index contributed by atoms with van der Waals surface area (Å²) in [4.78, 5) is 26.9. The van der Waals surface area contributed by atoms with Crippen LogP contribution in [0.3, 0.4) is 0 Å². The van der Waals surface area contributed by atoms with Crippen LogP contribution in [0.1, 0.15) is 22.8 Å². The van der Waals surface area contributed by atoms with Crippen LogP contribution in [0.25, 0.3) is 10.9 Å². The molecule has 3 rings (SSSR count). The van der Waals surface area contributed by atoms with Gasteiger partial charge in [-0.1, -0.05) is 18.2 Å². The van der Waals surface area contributed by atoms with Gasteiger partial charge in [-0.05, 0) is 43.7 Å². The molecule has 0 radical (unpaired) electrons. The minimum Gasteiger partial charge on any atom is -0.493 e. The summed E-state index contributed by atoms with van der Waals surface area (Å²) in [6.45, 7) is 4.24. The molecule has 5 nitrogen and oxygen atoms in total. The standard InChI is InChI=1S/C19H18N2O3/c1-3-24-17-7-5-4-6-15(17)19(23)20-13-8-9-14-12(2)10-18(22)21-16(14)11-13/h4-11H,3H2,1-2H3,(H,20,23)(H,21,22). The second kappa shape index (κ2) is 6.58. The Morgan fingerprint density at radius 2 is 1.96 bits per heavy atom. The fourth-order valence-electron chi connectivity index (χ4n) is 2.65. The number of aryl methyl sites for hydroxylation is 1. The highest BCUT2D eigenvalue weighted by Gasteiger charge is 2.12. The Balaban J connectivity index is 1.92. The minimum atomic E-state index is -0.256. The van der Waals surface area contributed by atoms with Crippen molar-refractivity contribution >= 4 is 22.5 Å². The Hall–Kier alpha value is -3.08. The van der Waals surface area contributed by atoms with Gasteiger partial charge in [-0.25, -0.2) is 0 Å². The maximum atomic E-state index is 12.5. The number of ether oxygens (including phenoxy) is 1. The molecule has 0 aliphatic rings. The summed E-state index contributed by atoms with van der Waals surface area (Å²) < 4.78 is 5.49. The molecule has 24 heavy (non-hydrogen) atoms. The highest BCUT2D eigenvalue weighted by atomic mass is 16.5. The van der Waals surface area contributed by atoms with E-state index in [2.05, 4.69) is 10.3 Å². The van der Waals surface area contributed by atoms with Gasteiger partial charge >= 0.3 is 0 Å². The summed E-state index contributed by atoms with van der Waals surface area (Å²) in [6, 6.07) is 14.1. The molecule has 2 aromatic carbocycles. The zero-order chi connectivity index (χ0) is 17.1. The molecule has 0 spiro atoms. The largest absolute Gasteiger partial charge is 0.493 e. The number of hydrogen-bond acceptors (Lipinski definition) is 3. The first kappa shape index (κ1) is 15.8. The Morgan fingerprint density at radius 1 is 1.17 bits per heavy atom. The zero-order valence-corrected chi connectivity index (χ0v) is 13.6. The monoisotopic (exact) mass is 322 g/mol. The quantitative estimate of drug-likeness (QED) is 0.772. The number of aromatic amines is 1. The van der Waals surface area contributed by atoms with Crippen molar-refractivity contribution in [3.63, 3.8) is 0 Å². The average Bonchev–Trinajstić information content (AvgIpc) is 2.55. The van der Waals surface area contributed by atoms with E-state index in [9.17, 15) is 9.59 Å². The number of hydrogen-bond donors (Lipinski definition) is 2. The van der Waals surface area contributed by atoms with E-state index in [-0.39, 0.29) is 11.5 Å². The van der Waals surface area contributed by atoms with Gasteiger partial charge in [0.05, 0.1) is 17.7 Å². The van der Waals surface area contributed by atoms with Gasteiger partial charge in [0.15, 0.2) is 0 Å². The van der Waals surface area contributed by atoms with E-state index < -0.39 is 0 Å². The number of nitrogens with one attached hydrogen (secondary N) is 2. The van der Waals surface area contributed by atoms with Gasteiger partial charge in [0.1, 0.15) is 5.75 Å². The highest BCUT2D eigenvalue weighted by Crippen LogP contribution is 2.22. The lowest BCUT2D eigenvalue weighted by atomic mass is 10.1. The molecule has 1 aromatic heterocycles. The third-order valence-corrected chi connectivity index (χ3v) is 3.74. The lowest BCUT2D eigenvalue weighted by molar-refractivity contribution is 0.102. The SMILES string of the molecule is CCOc1ccccc1C(=O)Nc1ccc2c(C)cc(=O)[nH]c2c1. The molecule has 1 heterocycles. The summed E-state index contributed by atoms with van der Waals surface area (Å²) in [6.07, 6.45) is 0. The molecule has 5 heteroatoms. The van der Waals surface area contributed by atoms with Crippen LogP contribution in [0.2, 0.25) is 0 Å². The Kier molecular flexibility index (Phi) is 4.33. The van der Waals surface area contributed by atoms with Crippen LogP contribution in [0, 0.1) is 6.92 Å². The molecule has 0 aliphatic heterocycles. The molecule has 1 amide bonds.